The van der Waals surface area contributed by atoms with Gasteiger partial charge in [0.25, 0.3) is 0 Å². The Morgan fingerprint density at radius 3 is 2.55 bits per heavy atom. The molecule has 7 nitrogen and oxygen atoms in total. The maximum Gasteiger partial charge on any atom is 0.208 e. The van der Waals surface area contributed by atoms with Crippen LogP contribution in [0.2, 0.25) is 0 Å². The van der Waals surface area contributed by atoms with Crippen LogP contribution >= 0.6 is 0 Å². The van der Waals surface area contributed by atoms with Gasteiger partial charge < -0.3 is 15.1 Å². The van der Waals surface area contributed by atoms with Crippen molar-refractivity contribution < 1.29 is 4.42 Å². The quantitative estimate of drug-likeness (QED) is 0.512. The predicted octanol–water partition coefficient (Wildman–Crippen LogP) is 3.08. The highest BCUT2D eigenvalue weighted by atomic mass is 16.4. The Kier molecular flexibility index (Phi) is 7.88. The molecule has 0 radical (unpaired) electrons. The SMILES string of the molecule is CCNC(=NCC1CCN(Cc2nc(C)c(C)o2)CC1)NC1CCN(C2CCCC2)C1. The summed E-state index contributed by atoms with van der Waals surface area (Å²) in [5.41, 5.74) is 1.01. The van der Waals surface area contributed by atoms with Crippen LogP contribution in [0.15, 0.2) is 9.41 Å². The Morgan fingerprint density at radius 2 is 1.87 bits per heavy atom. The number of hydrogen-bond donors (Lipinski definition) is 2. The van der Waals surface area contributed by atoms with Crippen molar-refractivity contribution in [3.05, 3.63) is 17.3 Å². The van der Waals surface area contributed by atoms with E-state index in [0.717, 1.165) is 62.1 Å². The van der Waals surface area contributed by atoms with Gasteiger partial charge in [0.2, 0.25) is 5.89 Å². The van der Waals surface area contributed by atoms with Gasteiger partial charge in [-0.3, -0.25) is 14.8 Å². The molecule has 2 N–H and O–H groups in total. The minimum absolute atomic E-state index is 0.535. The summed E-state index contributed by atoms with van der Waals surface area (Å²) in [6.07, 6.45) is 9.25. The number of likely N-dealkylation sites (tertiary alicyclic amines) is 2. The Hall–Kier alpha value is -1.60. The number of aliphatic imine (C=N–C) groups is 1. The lowest BCUT2D eigenvalue weighted by Gasteiger charge is -2.30. The van der Waals surface area contributed by atoms with Gasteiger partial charge in [-0.15, -0.1) is 0 Å². The minimum atomic E-state index is 0.535. The highest BCUT2D eigenvalue weighted by Gasteiger charge is 2.30. The molecule has 3 fully saturated rings. The molecule has 1 unspecified atom stereocenters. The highest BCUT2D eigenvalue weighted by molar-refractivity contribution is 5.80. The molecule has 1 aromatic rings. The lowest BCUT2D eigenvalue weighted by atomic mass is 9.97. The zero-order valence-corrected chi connectivity index (χ0v) is 19.8. The fourth-order valence-electron chi connectivity index (χ4n) is 5.37. The van der Waals surface area contributed by atoms with E-state index >= 15 is 0 Å². The van der Waals surface area contributed by atoms with Crippen molar-refractivity contribution in [3.63, 3.8) is 0 Å². The molecular formula is C24H42N6O. The standard InChI is InChI=1S/C24H42N6O/c1-4-25-24(28-21-11-14-30(16-21)22-7-5-6-8-22)26-15-20-9-12-29(13-10-20)17-23-27-18(2)19(3)31-23/h20-22H,4-17H2,1-3H3,(H2,25,26,28). The smallest absolute Gasteiger partial charge is 0.208 e. The number of aromatic nitrogens is 1. The molecule has 1 aromatic heterocycles. The van der Waals surface area contributed by atoms with E-state index in [-0.39, 0.29) is 0 Å². The molecule has 174 valence electrons. The zero-order chi connectivity index (χ0) is 21.6. The second-order valence-electron chi connectivity index (χ2n) is 9.75. The van der Waals surface area contributed by atoms with Gasteiger partial charge in [0.1, 0.15) is 5.76 Å². The number of nitrogens with zero attached hydrogens (tertiary/aromatic N) is 4. The summed E-state index contributed by atoms with van der Waals surface area (Å²) >= 11 is 0. The molecule has 1 aliphatic carbocycles. The fraction of sp³-hybridized carbons (Fsp3) is 0.833. The van der Waals surface area contributed by atoms with Gasteiger partial charge in [-0.25, -0.2) is 4.98 Å². The Bertz CT molecular complexity index is 698. The van der Waals surface area contributed by atoms with E-state index in [9.17, 15) is 0 Å². The van der Waals surface area contributed by atoms with Crippen LogP contribution < -0.4 is 10.6 Å². The fourth-order valence-corrected chi connectivity index (χ4v) is 5.37. The molecule has 1 atom stereocenters. The van der Waals surface area contributed by atoms with Crippen LogP contribution in [0.5, 0.6) is 0 Å². The van der Waals surface area contributed by atoms with Crippen LogP contribution in [-0.2, 0) is 6.54 Å². The van der Waals surface area contributed by atoms with Crippen molar-refractivity contribution >= 4 is 5.96 Å². The molecular weight excluding hydrogens is 388 g/mol. The average molecular weight is 431 g/mol. The molecule has 0 bridgehead atoms. The van der Waals surface area contributed by atoms with E-state index in [1.54, 1.807) is 0 Å². The van der Waals surface area contributed by atoms with Crippen LogP contribution in [-0.4, -0.2) is 72.1 Å². The van der Waals surface area contributed by atoms with Crippen LogP contribution in [0.4, 0.5) is 0 Å². The van der Waals surface area contributed by atoms with E-state index in [4.69, 9.17) is 9.41 Å². The van der Waals surface area contributed by atoms with Crippen molar-refractivity contribution in [3.8, 4) is 0 Å². The second-order valence-corrected chi connectivity index (χ2v) is 9.75. The maximum atomic E-state index is 5.76. The molecule has 7 heteroatoms. The van der Waals surface area contributed by atoms with Gasteiger partial charge >= 0.3 is 0 Å². The van der Waals surface area contributed by atoms with Gasteiger partial charge in [0.05, 0.1) is 12.2 Å². The van der Waals surface area contributed by atoms with Gasteiger partial charge in [0, 0.05) is 38.3 Å². The molecule has 31 heavy (non-hydrogen) atoms. The van der Waals surface area contributed by atoms with Crippen molar-refractivity contribution in [2.24, 2.45) is 10.9 Å². The van der Waals surface area contributed by atoms with Crippen LogP contribution in [0.25, 0.3) is 0 Å². The summed E-state index contributed by atoms with van der Waals surface area (Å²) in [4.78, 5) is 14.7. The third kappa shape index (κ3) is 6.22. The van der Waals surface area contributed by atoms with E-state index < -0.39 is 0 Å². The number of oxazole rings is 1. The normalized spacial score (nSPS) is 24.9. The van der Waals surface area contributed by atoms with Crippen molar-refractivity contribution in [2.75, 3.05) is 39.3 Å². The molecule has 4 rings (SSSR count). The minimum Gasteiger partial charge on any atom is -0.444 e. The lowest BCUT2D eigenvalue weighted by molar-refractivity contribution is 0.166. The van der Waals surface area contributed by atoms with E-state index in [1.807, 2.05) is 13.8 Å². The topological polar surface area (TPSA) is 68.9 Å². The van der Waals surface area contributed by atoms with Gasteiger partial charge in [0.15, 0.2) is 5.96 Å². The van der Waals surface area contributed by atoms with Crippen LogP contribution in [0.3, 0.4) is 0 Å². The third-order valence-electron chi connectivity index (χ3n) is 7.39. The molecule has 2 aliphatic heterocycles. The van der Waals surface area contributed by atoms with Crippen molar-refractivity contribution in [2.45, 2.75) is 84.3 Å². The number of aryl methyl sites for hydroxylation is 2. The number of guanidine groups is 1. The van der Waals surface area contributed by atoms with Crippen molar-refractivity contribution in [1.82, 2.24) is 25.4 Å². The summed E-state index contributed by atoms with van der Waals surface area (Å²) in [6.45, 7) is 13.4. The number of rotatable bonds is 7. The maximum absolute atomic E-state index is 5.76. The van der Waals surface area contributed by atoms with Gasteiger partial charge in [-0.1, -0.05) is 12.8 Å². The first-order valence-corrected chi connectivity index (χ1v) is 12.5. The van der Waals surface area contributed by atoms with Gasteiger partial charge in [-0.2, -0.15) is 0 Å². The average Bonchev–Trinajstić information content (AvgIpc) is 3.50. The summed E-state index contributed by atoms with van der Waals surface area (Å²) < 4.78 is 5.76. The molecule has 1 saturated carbocycles. The molecule has 0 amide bonds. The van der Waals surface area contributed by atoms with Crippen LogP contribution in [0.1, 0.15) is 69.2 Å². The highest BCUT2D eigenvalue weighted by Crippen LogP contribution is 2.26. The lowest BCUT2D eigenvalue weighted by Crippen LogP contribution is -2.45. The molecule has 2 saturated heterocycles. The van der Waals surface area contributed by atoms with E-state index in [2.05, 4.69) is 32.3 Å². The van der Waals surface area contributed by atoms with E-state index in [0.29, 0.717) is 12.0 Å². The predicted molar refractivity (Wildman–Crippen MR) is 125 cm³/mol. The molecule has 3 heterocycles. The first-order valence-electron chi connectivity index (χ1n) is 12.5. The van der Waals surface area contributed by atoms with E-state index in [1.165, 1.54) is 58.0 Å². The monoisotopic (exact) mass is 430 g/mol. The Morgan fingerprint density at radius 1 is 1.10 bits per heavy atom. The first kappa shape index (κ1) is 22.6. The first-order chi connectivity index (χ1) is 15.1. The van der Waals surface area contributed by atoms with Crippen molar-refractivity contribution in [1.29, 1.82) is 0 Å². The third-order valence-corrected chi connectivity index (χ3v) is 7.39. The van der Waals surface area contributed by atoms with Crippen LogP contribution in [0, 0.1) is 19.8 Å². The summed E-state index contributed by atoms with van der Waals surface area (Å²) in [5.74, 6) is 3.47. The number of piperidine rings is 1. The summed E-state index contributed by atoms with van der Waals surface area (Å²) in [6, 6.07) is 1.37. The Labute approximate surface area is 188 Å². The Balaban J connectivity index is 1.21. The molecule has 0 aromatic carbocycles. The zero-order valence-electron chi connectivity index (χ0n) is 19.8. The number of nitrogens with one attached hydrogen (secondary N) is 2. The molecule has 3 aliphatic rings. The molecule has 0 spiro atoms. The largest absolute Gasteiger partial charge is 0.444 e. The summed E-state index contributed by atoms with van der Waals surface area (Å²) in [5, 5.41) is 7.20. The summed E-state index contributed by atoms with van der Waals surface area (Å²) in [7, 11) is 0. The second kappa shape index (κ2) is 10.8. The van der Waals surface area contributed by atoms with Gasteiger partial charge in [-0.05, 0) is 71.9 Å². The number of hydrogen-bond acceptors (Lipinski definition) is 5.